The maximum absolute atomic E-state index is 2.42. The van der Waals surface area contributed by atoms with Crippen molar-refractivity contribution in [2.75, 3.05) is 4.90 Å². The van der Waals surface area contributed by atoms with E-state index in [2.05, 4.69) is 240 Å². The summed E-state index contributed by atoms with van der Waals surface area (Å²) in [7, 11) is 0. The van der Waals surface area contributed by atoms with E-state index in [1.165, 1.54) is 87.1 Å². The summed E-state index contributed by atoms with van der Waals surface area (Å²) < 4.78 is 2.42. The smallest absolute Gasteiger partial charge is 0.0553 e. The van der Waals surface area contributed by atoms with E-state index in [0.717, 1.165) is 22.7 Å². The molecule has 280 valence electrons. The Bertz CT molecular complexity index is 3590. The van der Waals surface area contributed by atoms with E-state index in [4.69, 9.17) is 0 Å². The quantitative estimate of drug-likeness (QED) is 0.153. The molecule has 0 radical (unpaired) electrons. The Balaban J connectivity index is 1.08. The molecule has 2 heteroatoms. The van der Waals surface area contributed by atoms with Crippen LogP contribution in [0.2, 0.25) is 0 Å². The third-order valence-corrected chi connectivity index (χ3v) is 12.3. The first-order valence-corrected chi connectivity index (χ1v) is 20.7. The molecule has 0 saturated heterocycles. The zero-order valence-corrected chi connectivity index (χ0v) is 32.8. The van der Waals surface area contributed by atoms with Crippen LogP contribution in [0.1, 0.15) is 0 Å². The van der Waals surface area contributed by atoms with Gasteiger partial charge in [-0.05, 0) is 126 Å². The number of hydrogen-bond donors (Lipinski definition) is 0. The monoisotopic (exact) mass is 762 g/mol. The van der Waals surface area contributed by atoms with Gasteiger partial charge in [-0.25, -0.2) is 0 Å². The van der Waals surface area contributed by atoms with Crippen LogP contribution in [-0.4, -0.2) is 4.57 Å². The van der Waals surface area contributed by atoms with E-state index in [-0.39, 0.29) is 0 Å². The van der Waals surface area contributed by atoms with Gasteiger partial charge in [0.15, 0.2) is 0 Å². The predicted molar refractivity (Wildman–Crippen MR) is 256 cm³/mol. The van der Waals surface area contributed by atoms with Crippen LogP contribution < -0.4 is 4.90 Å². The number of anilines is 3. The first-order chi connectivity index (χ1) is 29.8. The van der Waals surface area contributed by atoms with E-state index in [0.29, 0.717) is 0 Å². The Hall–Kier alpha value is -7.94. The van der Waals surface area contributed by atoms with Gasteiger partial charge in [0.05, 0.1) is 11.0 Å². The van der Waals surface area contributed by atoms with Crippen LogP contribution in [0.5, 0.6) is 0 Å². The van der Waals surface area contributed by atoms with Crippen molar-refractivity contribution < 1.29 is 0 Å². The predicted octanol–water partition coefficient (Wildman–Crippen LogP) is 16.2. The summed E-state index contributed by atoms with van der Waals surface area (Å²) in [5.74, 6) is 0. The average Bonchev–Trinajstić information content (AvgIpc) is 3.65. The first-order valence-electron chi connectivity index (χ1n) is 20.7. The molecule has 11 aromatic carbocycles. The molecule has 12 rings (SSSR count). The number of fused-ring (bicyclic) bond motifs is 8. The van der Waals surface area contributed by atoms with Gasteiger partial charge < -0.3 is 9.47 Å². The molecule has 0 saturated carbocycles. The lowest BCUT2D eigenvalue weighted by Gasteiger charge is -2.27. The van der Waals surface area contributed by atoms with Gasteiger partial charge >= 0.3 is 0 Å². The van der Waals surface area contributed by atoms with E-state index < -0.39 is 0 Å². The topological polar surface area (TPSA) is 8.17 Å². The van der Waals surface area contributed by atoms with Crippen LogP contribution in [0.25, 0.3) is 92.8 Å². The fourth-order valence-corrected chi connectivity index (χ4v) is 9.60. The standard InChI is InChI=1S/C58H38N2/c1-2-19-45(20-3-1)60-55-27-11-10-25-54(55)58-56(60)38-42-16-6-9-24-53(42)57(58)44-18-12-21-47(37-44)59(48-34-35-52-43(36-48)29-28-40-15-5-8-23-50(40)52)46-32-30-41(31-33-46)51-26-13-17-39-14-4-7-22-49(39)51/h1-38H. The van der Waals surface area contributed by atoms with Gasteiger partial charge in [-0.3, -0.25) is 0 Å². The number of para-hydroxylation sites is 2. The minimum atomic E-state index is 1.10. The molecular weight excluding hydrogens is 725 g/mol. The molecule has 2 nitrogen and oxygen atoms in total. The third-order valence-electron chi connectivity index (χ3n) is 12.3. The lowest BCUT2D eigenvalue weighted by atomic mass is 9.92. The van der Waals surface area contributed by atoms with Crippen molar-refractivity contribution in [2.24, 2.45) is 0 Å². The van der Waals surface area contributed by atoms with Gasteiger partial charge in [0.2, 0.25) is 0 Å². The van der Waals surface area contributed by atoms with Crippen molar-refractivity contribution in [1.29, 1.82) is 0 Å². The Morgan fingerprint density at radius 3 is 1.72 bits per heavy atom. The molecule has 0 unspecified atom stereocenters. The summed E-state index contributed by atoms with van der Waals surface area (Å²) in [4.78, 5) is 2.42. The number of nitrogens with zero attached hydrogens (tertiary/aromatic N) is 2. The van der Waals surface area contributed by atoms with Gasteiger partial charge in [-0.15, -0.1) is 0 Å². The molecule has 0 fully saturated rings. The molecule has 0 spiro atoms. The molecular formula is C58H38N2. The number of rotatable bonds is 6. The summed E-state index contributed by atoms with van der Waals surface area (Å²) >= 11 is 0. The molecule has 0 atom stereocenters. The summed E-state index contributed by atoms with van der Waals surface area (Å²) in [6.45, 7) is 0. The molecule has 0 amide bonds. The van der Waals surface area contributed by atoms with Crippen LogP contribution >= 0.6 is 0 Å². The fraction of sp³-hybridized carbons (Fsp3) is 0. The molecule has 1 aromatic heterocycles. The SMILES string of the molecule is c1ccc(-n2c3ccccc3c3c(-c4cccc(N(c5ccc(-c6cccc7ccccc67)cc5)c5ccc6c(ccc7ccccc76)c5)c4)c4ccccc4cc32)cc1. The molecule has 0 N–H and O–H groups in total. The zero-order valence-electron chi connectivity index (χ0n) is 32.8. The summed E-state index contributed by atoms with van der Waals surface area (Å²) in [5.41, 5.74) is 11.7. The van der Waals surface area contributed by atoms with E-state index in [9.17, 15) is 0 Å². The van der Waals surface area contributed by atoms with Gasteiger partial charge in [0.1, 0.15) is 0 Å². The van der Waals surface area contributed by atoms with Gasteiger partial charge in [-0.1, -0.05) is 170 Å². The van der Waals surface area contributed by atoms with Crippen LogP contribution in [0.4, 0.5) is 17.1 Å². The molecule has 60 heavy (non-hydrogen) atoms. The Kier molecular flexibility index (Phi) is 7.89. The van der Waals surface area contributed by atoms with Crippen molar-refractivity contribution in [3.05, 3.63) is 231 Å². The highest BCUT2D eigenvalue weighted by Crippen LogP contribution is 2.45. The summed E-state index contributed by atoms with van der Waals surface area (Å²) in [5, 5.41) is 12.4. The highest BCUT2D eigenvalue weighted by molar-refractivity contribution is 6.23. The van der Waals surface area contributed by atoms with Crippen LogP contribution in [0.15, 0.2) is 231 Å². The molecule has 0 bridgehead atoms. The second-order valence-electron chi connectivity index (χ2n) is 15.7. The third kappa shape index (κ3) is 5.50. The molecule has 0 aliphatic carbocycles. The van der Waals surface area contributed by atoms with Crippen LogP contribution in [0, 0.1) is 0 Å². The highest BCUT2D eigenvalue weighted by atomic mass is 15.1. The Morgan fingerprint density at radius 2 is 0.883 bits per heavy atom. The van der Waals surface area contributed by atoms with E-state index in [1.54, 1.807) is 0 Å². The highest BCUT2D eigenvalue weighted by Gasteiger charge is 2.21. The summed E-state index contributed by atoms with van der Waals surface area (Å²) in [6.07, 6.45) is 0. The summed E-state index contributed by atoms with van der Waals surface area (Å²) in [6, 6.07) is 84.3. The molecule has 1 heterocycles. The van der Waals surface area contributed by atoms with Crippen molar-refractivity contribution >= 4 is 82.0 Å². The van der Waals surface area contributed by atoms with Crippen molar-refractivity contribution in [3.63, 3.8) is 0 Å². The second kappa shape index (κ2) is 13.9. The maximum atomic E-state index is 2.42. The maximum Gasteiger partial charge on any atom is 0.0553 e. The number of aromatic nitrogens is 1. The van der Waals surface area contributed by atoms with E-state index in [1.807, 2.05) is 0 Å². The minimum absolute atomic E-state index is 1.10. The lowest BCUT2D eigenvalue weighted by Crippen LogP contribution is -2.10. The van der Waals surface area contributed by atoms with Crippen LogP contribution in [0.3, 0.4) is 0 Å². The Labute approximate surface area is 348 Å². The van der Waals surface area contributed by atoms with Crippen molar-refractivity contribution in [2.45, 2.75) is 0 Å². The number of benzene rings is 11. The van der Waals surface area contributed by atoms with Gasteiger partial charge in [0.25, 0.3) is 0 Å². The first kappa shape index (κ1) is 34.1. The van der Waals surface area contributed by atoms with E-state index >= 15 is 0 Å². The Morgan fingerprint density at radius 1 is 0.300 bits per heavy atom. The average molecular weight is 763 g/mol. The largest absolute Gasteiger partial charge is 0.310 e. The number of hydrogen-bond acceptors (Lipinski definition) is 1. The van der Waals surface area contributed by atoms with Crippen molar-refractivity contribution in [3.8, 4) is 27.9 Å². The molecule has 0 aliphatic rings. The van der Waals surface area contributed by atoms with Gasteiger partial charge in [0, 0.05) is 33.5 Å². The van der Waals surface area contributed by atoms with Gasteiger partial charge in [-0.2, -0.15) is 0 Å². The fourth-order valence-electron chi connectivity index (χ4n) is 9.60. The van der Waals surface area contributed by atoms with Crippen LogP contribution in [-0.2, 0) is 0 Å². The second-order valence-corrected chi connectivity index (χ2v) is 15.7. The molecule has 0 aliphatic heterocycles. The minimum Gasteiger partial charge on any atom is -0.310 e. The normalized spacial score (nSPS) is 11.7. The molecule has 12 aromatic rings. The zero-order chi connectivity index (χ0) is 39.6. The van der Waals surface area contributed by atoms with Crippen molar-refractivity contribution in [1.82, 2.24) is 4.57 Å². The lowest BCUT2D eigenvalue weighted by molar-refractivity contribution is 1.18.